The van der Waals surface area contributed by atoms with E-state index >= 15 is 0 Å². The van der Waals surface area contributed by atoms with E-state index in [-0.39, 0.29) is 18.2 Å². The highest BCUT2D eigenvalue weighted by molar-refractivity contribution is 6.04. The summed E-state index contributed by atoms with van der Waals surface area (Å²) < 4.78 is 23.5. The topological polar surface area (TPSA) is 80.4 Å². The number of H-pyrrole nitrogens is 1. The molecule has 4 rings (SSSR count). The maximum atomic E-state index is 13.0. The van der Waals surface area contributed by atoms with Crippen LogP contribution >= 0.6 is 0 Å². The van der Waals surface area contributed by atoms with Crippen LogP contribution in [0.15, 0.2) is 59.4 Å². The molecule has 0 bridgehead atoms. The number of carbonyl (C=O) groups is 1. The average Bonchev–Trinajstić information content (AvgIpc) is 3.10. The number of anilines is 1. The summed E-state index contributed by atoms with van der Waals surface area (Å²) in [6.45, 7) is 0.136. The number of ether oxygens (including phenoxy) is 2. The lowest BCUT2D eigenvalue weighted by molar-refractivity contribution is 0.102. The molecule has 6 nitrogen and oxygen atoms in total. The summed E-state index contributed by atoms with van der Waals surface area (Å²) in [5.41, 5.74) is 1.06. The number of nitrogens with one attached hydrogen (secondary N) is 2. The molecule has 2 N–H and O–H groups in total. The molecule has 0 saturated heterocycles. The molecule has 26 heavy (non-hydrogen) atoms. The summed E-state index contributed by atoms with van der Waals surface area (Å²) in [6, 6.07) is 13.7. The summed E-state index contributed by atoms with van der Waals surface area (Å²) in [7, 11) is 0. The second kappa shape index (κ2) is 6.36. The smallest absolute Gasteiger partial charge is 0.261 e. The van der Waals surface area contributed by atoms with E-state index in [2.05, 4.69) is 10.3 Å². The average molecular weight is 352 g/mol. The van der Waals surface area contributed by atoms with Crippen LogP contribution in [-0.2, 0) is 0 Å². The molecule has 0 atom stereocenters. The normalized spacial score (nSPS) is 12.0. The maximum Gasteiger partial charge on any atom is 0.261 e. The van der Waals surface area contributed by atoms with Gasteiger partial charge in [-0.15, -0.1) is 0 Å². The molecule has 0 fully saturated rings. The van der Waals surface area contributed by atoms with Crippen LogP contribution < -0.4 is 20.3 Å². The Morgan fingerprint density at radius 2 is 1.77 bits per heavy atom. The van der Waals surface area contributed by atoms with Gasteiger partial charge in [0.15, 0.2) is 11.5 Å². The second-order valence-electron chi connectivity index (χ2n) is 5.64. The van der Waals surface area contributed by atoms with Crippen molar-refractivity contribution in [2.75, 3.05) is 12.1 Å². The van der Waals surface area contributed by atoms with Crippen LogP contribution in [0, 0.1) is 5.82 Å². The van der Waals surface area contributed by atoms with Gasteiger partial charge in [-0.1, -0.05) is 0 Å². The summed E-state index contributed by atoms with van der Waals surface area (Å²) >= 11 is 0. The Morgan fingerprint density at radius 3 is 2.54 bits per heavy atom. The number of benzene rings is 2. The first-order valence-corrected chi connectivity index (χ1v) is 7.80. The number of hydrogen-bond donors (Lipinski definition) is 2. The number of amides is 1. The van der Waals surface area contributed by atoms with Crippen LogP contribution in [0.3, 0.4) is 0 Å². The number of pyridine rings is 1. The van der Waals surface area contributed by atoms with Gasteiger partial charge >= 0.3 is 0 Å². The molecule has 1 amide bonds. The van der Waals surface area contributed by atoms with E-state index in [4.69, 9.17) is 9.47 Å². The molecule has 0 aliphatic carbocycles. The Bertz CT molecular complexity index is 1040. The number of halogens is 1. The Kier molecular flexibility index (Phi) is 3.89. The number of hydrogen-bond acceptors (Lipinski definition) is 4. The molecule has 130 valence electrons. The number of rotatable bonds is 3. The molecule has 1 aliphatic heterocycles. The molecule has 1 aromatic heterocycles. The minimum atomic E-state index is -0.546. The molecule has 0 radical (unpaired) electrons. The van der Waals surface area contributed by atoms with E-state index in [9.17, 15) is 14.0 Å². The van der Waals surface area contributed by atoms with E-state index in [1.165, 1.54) is 18.2 Å². The van der Waals surface area contributed by atoms with Crippen LogP contribution in [0.4, 0.5) is 10.1 Å². The quantitative estimate of drug-likeness (QED) is 0.759. The van der Waals surface area contributed by atoms with Crippen molar-refractivity contribution < 1.29 is 18.7 Å². The lowest BCUT2D eigenvalue weighted by atomic mass is 10.1. The highest BCUT2D eigenvalue weighted by atomic mass is 19.1. The van der Waals surface area contributed by atoms with Gasteiger partial charge in [-0.25, -0.2) is 4.39 Å². The summed E-state index contributed by atoms with van der Waals surface area (Å²) in [5.74, 6) is 0.222. The van der Waals surface area contributed by atoms with Gasteiger partial charge in [-0.2, -0.15) is 0 Å². The number of aromatic nitrogens is 1. The van der Waals surface area contributed by atoms with E-state index in [1.54, 1.807) is 36.4 Å². The van der Waals surface area contributed by atoms with Gasteiger partial charge in [0, 0.05) is 17.4 Å². The van der Waals surface area contributed by atoms with Crippen molar-refractivity contribution in [3.8, 4) is 22.8 Å². The summed E-state index contributed by atoms with van der Waals surface area (Å²) in [6.07, 6.45) is 0. The molecule has 2 heterocycles. The zero-order valence-corrected chi connectivity index (χ0v) is 13.4. The van der Waals surface area contributed by atoms with E-state index in [0.29, 0.717) is 28.4 Å². The zero-order valence-electron chi connectivity index (χ0n) is 13.4. The third-order valence-electron chi connectivity index (χ3n) is 3.94. The highest BCUT2D eigenvalue weighted by Gasteiger charge is 2.16. The van der Waals surface area contributed by atoms with E-state index in [0.717, 1.165) is 0 Å². The molecule has 3 aromatic rings. The number of aromatic amines is 1. The molecule has 0 unspecified atom stereocenters. The van der Waals surface area contributed by atoms with Crippen molar-refractivity contribution in [2.45, 2.75) is 0 Å². The second-order valence-corrected chi connectivity index (χ2v) is 5.64. The van der Waals surface area contributed by atoms with Crippen LogP contribution in [0.25, 0.3) is 11.3 Å². The Labute approximate surface area is 147 Å². The SMILES string of the molecule is O=C(Nc1ccc2c(c1)OCO2)c1ccc(-c2ccc(F)cc2)[nH]c1=O. The summed E-state index contributed by atoms with van der Waals surface area (Å²) in [4.78, 5) is 27.3. The largest absolute Gasteiger partial charge is 0.454 e. The van der Waals surface area contributed by atoms with Gasteiger partial charge in [-0.05, 0) is 54.1 Å². The minimum Gasteiger partial charge on any atom is -0.454 e. The fourth-order valence-corrected chi connectivity index (χ4v) is 2.62. The van der Waals surface area contributed by atoms with Crippen molar-refractivity contribution in [3.63, 3.8) is 0 Å². The zero-order chi connectivity index (χ0) is 18.1. The van der Waals surface area contributed by atoms with Gasteiger partial charge < -0.3 is 19.8 Å². The number of carbonyl (C=O) groups excluding carboxylic acids is 1. The fraction of sp³-hybridized carbons (Fsp3) is 0.0526. The minimum absolute atomic E-state index is 0.0338. The first kappa shape index (κ1) is 15.9. The van der Waals surface area contributed by atoms with Crippen LogP contribution in [0.1, 0.15) is 10.4 Å². The Morgan fingerprint density at radius 1 is 1.00 bits per heavy atom. The lowest BCUT2D eigenvalue weighted by Gasteiger charge is -2.07. The van der Waals surface area contributed by atoms with Crippen LogP contribution in [-0.4, -0.2) is 17.7 Å². The van der Waals surface area contributed by atoms with Gasteiger partial charge in [-0.3, -0.25) is 9.59 Å². The van der Waals surface area contributed by atoms with Crippen LogP contribution in [0.2, 0.25) is 0 Å². The van der Waals surface area contributed by atoms with E-state index < -0.39 is 11.5 Å². The van der Waals surface area contributed by atoms with Crippen molar-refractivity contribution in [1.82, 2.24) is 4.98 Å². The number of fused-ring (bicyclic) bond motifs is 1. The standard InChI is InChI=1S/C19H13FN2O4/c20-12-3-1-11(2-4-12)15-7-6-14(19(24)22-15)18(23)21-13-5-8-16-17(9-13)26-10-25-16/h1-9H,10H2,(H,21,23)(H,22,24). The molecular formula is C19H13FN2O4. The van der Waals surface area contributed by atoms with Crippen LogP contribution in [0.5, 0.6) is 11.5 Å². The molecule has 0 spiro atoms. The van der Waals surface area contributed by atoms with E-state index in [1.807, 2.05) is 0 Å². The summed E-state index contributed by atoms with van der Waals surface area (Å²) in [5, 5.41) is 2.65. The molecule has 1 aliphatic rings. The predicted molar refractivity (Wildman–Crippen MR) is 93.0 cm³/mol. The molecule has 2 aromatic carbocycles. The third kappa shape index (κ3) is 3.02. The van der Waals surface area contributed by atoms with Gasteiger partial charge in [0.25, 0.3) is 11.5 Å². The molecule has 0 saturated carbocycles. The first-order chi connectivity index (χ1) is 12.6. The molecular weight excluding hydrogens is 339 g/mol. The van der Waals surface area contributed by atoms with Crippen molar-refractivity contribution in [1.29, 1.82) is 0 Å². The lowest BCUT2D eigenvalue weighted by Crippen LogP contribution is -2.23. The predicted octanol–water partition coefficient (Wildman–Crippen LogP) is 3.16. The van der Waals surface area contributed by atoms with Gasteiger partial charge in [0.2, 0.25) is 6.79 Å². The monoisotopic (exact) mass is 352 g/mol. The highest BCUT2D eigenvalue weighted by Crippen LogP contribution is 2.34. The Balaban J connectivity index is 1.56. The third-order valence-corrected chi connectivity index (χ3v) is 3.94. The first-order valence-electron chi connectivity index (χ1n) is 7.80. The van der Waals surface area contributed by atoms with Crippen molar-refractivity contribution in [3.05, 3.63) is 76.3 Å². The van der Waals surface area contributed by atoms with Gasteiger partial charge in [0.1, 0.15) is 11.4 Å². The fourth-order valence-electron chi connectivity index (χ4n) is 2.62. The molecule has 7 heteroatoms. The Hall–Kier alpha value is -3.61. The van der Waals surface area contributed by atoms with Crippen molar-refractivity contribution >= 4 is 11.6 Å². The maximum absolute atomic E-state index is 13.0. The van der Waals surface area contributed by atoms with Gasteiger partial charge in [0.05, 0.1) is 0 Å². The van der Waals surface area contributed by atoms with Crippen molar-refractivity contribution in [2.24, 2.45) is 0 Å².